The van der Waals surface area contributed by atoms with Gasteiger partial charge in [0.05, 0.1) is 11.4 Å². The number of aliphatic hydroxyl groups excluding tert-OH is 1. The van der Waals surface area contributed by atoms with Crippen LogP contribution in [0.25, 0.3) is 28.2 Å². The Bertz CT molecular complexity index is 1210. The van der Waals surface area contributed by atoms with Crippen LogP contribution in [0.5, 0.6) is 0 Å². The molecule has 2 aromatic carbocycles. The summed E-state index contributed by atoms with van der Waals surface area (Å²) < 4.78 is 15.4. The van der Waals surface area contributed by atoms with Crippen LogP contribution in [0.4, 0.5) is 4.39 Å². The molecule has 2 aromatic heterocycles. The number of aromatic nitrogens is 3. The normalized spacial score (nSPS) is 13.8. The molecule has 1 saturated carbocycles. The highest BCUT2D eigenvalue weighted by Gasteiger charge is 2.21. The lowest BCUT2D eigenvalue weighted by molar-refractivity contribution is 0.112. The minimum atomic E-state index is -0.293. The molecule has 5 rings (SSSR count). The van der Waals surface area contributed by atoms with E-state index in [0.717, 1.165) is 48.6 Å². The van der Waals surface area contributed by atoms with Gasteiger partial charge in [0.25, 0.3) is 0 Å². The number of aldehydes is 1. The Balaban J connectivity index is 0.00000112. The molecule has 1 aliphatic rings. The highest BCUT2D eigenvalue weighted by Crippen LogP contribution is 2.37. The average Bonchev–Trinajstić information content (AvgIpc) is 3.50. The SMILES string of the molecule is CO.O=Cc1ccc(-c2ccnc3cc(-c4cccc(F)c4)nn23)cc1C1CCCC1. The summed E-state index contributed by atoms with van der Waals surface area (Å²) in [7, 11) is 1.00. The number of nitrogens with zero attached hydrogens (tertiary/aromatic N) is 3. The second-order valence-corrected chi connectivity index (χ2v) is 7.58. The van der Waals surface area contributed by atoms with Crippen molar-refractivity contribution < 1.29 is 14.3 Å². The van der Waals surface area contributed by atoms with E-state index >= 15 is 0 Å². The molecule has 158 valence electrons. The van der Waals surface area contributed by atoms with Crippen LogP contribution >= 0.6 is 0 Å². The summed E-state index contributed by atoms with van der Waals surface area (Å²) in [5.41, 5.74) is 5.87. The largest absolute Gasteiger partial charge is 0.400 e. The maximum absolute atomic E-state index is 13.6. The van der Waals surface area contributed by atoms with Crippen molar-refractivity contribution in [3.63, 3.8) is 0 Å². The Morgan fingerprint density at radius 1 is 1.03 bits per heavy atom. The number of aliphatic hydroxyl groups is 1. The maximum atomic E-state index is 13.6. The van der Waals surface area contributed by atoms with Crippen LogP contribution in [-0.2, 0) is 0 Å². The molecule has 0 aliphatic heterocycles. The van der Waals surface area contributed by atoms with Gasteiger partial charge in [0.15, 0.2) is 5.65 Å². The zero-order chi connectivity index (χ0) is 21.8. The number of carbonyl (C=O) groups is 1. The Morgan fingerprint density at radius 2 is 1.84 bits per heavy atom. The summed E-state index contributed by atoms with van der Waals surface area (Å²) in [5, 5.41) is 11.7. The number of rotatable bonds is 4. The van der Waals surface area contributed by atoms with E-state index in [0.29, 0.717) is 22.8 Å². The molecule has 4 aromatic rings. The lowest BCUT2D eigenvalue weighted by atomic mass is 9.91. The van der Waals surface area contributed by atoms with Crippen LogP contribution in [0.1, 0.15) is 47.5 Å². The number of hydrogen-bond donors (Lipinski definition) is 1. The van der Waals surface area contributed by atoms with E-state index < -0.39 is 0 Å². The van der Waals surface area contributed by atoms with Crippen molar-refractivity contribution in [3.05, 3.63) is 77.7 Å². The summed E-state index contributed by atoms with van der Waals surface area (Å²) in [4.78, 5) is 16.0. The van der Waals surface area contributed by atoms with Gasteiger partial charge in [0.2, 0.25) is 0 Å². The van der Waals surface area contributed by atoms with Crippen LogP contribution in [0, 0.1) is 5.82 Å². The van der Waals surface area contributed by atoms with Crippen LogP contribution in [0.3, 0.4) is 0 Å². The van der Waals surface area contributed by atoms with Crippen LogP contribution in [0.2, 0.25) is 0 Å². The zero-order valence-electron chi connectivity index (χ0n) is 17.3. The predicted molar refractivity (Wildman–Crippen MR) is 119 cm³/mol. The van der Waals surface area contributed by atoms with Crippen LogP contribution < -0.4 is 0 Å². The van der Waals surface area contributed by atoms with Crippen molar-refractivity contribution in [1.82, 2.24) is 14.6 Å². The first kappa shape index (κ1) is 20.9. The first-order valence-corrected chi connectivity index (χ1v) is 10.4. The molecule has 0 unspecified atom stereocenters. The fourth-order valence-electron chi connectivity index (χ4n) is 4.33. The van der Waals surface area contributed by atoms with Gasteiger partial charge in [-0.15, -0.1) is 0 Å². The van der Waals surface area contributed by atoms with Crippen molar-refractivity contribution in [2.45, 2.75) is 31.6 Å². The second-order valence-electron chi connectivity index (χ2n) is 7.58. The first-order valence-electron chi connectivity index (χ1n) is 10.4. The lowest BCUT2D eigenvalue weighted by Gasteiger charge is -2.14. The maximum Gasteiger partial charge on any atom is 0.156 e. The molecule has 5 nitrogen and oxygen atoms in total. The third kappa shape index (κ3) is 4.11. The topological polar surface area (TPSA) is 67.5 Å². The van der Waals surface area contributed by atoms with Gasteiger partial charge in [-0.05, 0) is 48.6 Å². The minimum absolute atomic E-state index is 0.293. The van der Waals surface area contributed by atoms with E-state index in [-0.39, 0.29) is 5.82 Å². The second kappa shape index (κ2) is 9.18. The summed E-state index contributed by atoms with van der Waals surface area (Å²) >= 11 is 0. The van der Waals surface area contributed by atoms with E-state index in [9.17, 15) is 9.18 Å². The van der Waals surface area contributed by atoms with E-state index in [1.54, 1.807) is 16.8 Å². The van der Waals surface area contributed by atoms with Crippen LogP contribution in [-0.4, -0.2) is 33.1 Å². The first-order chi connectivity index (χ1) is 15.2. The number of carbonyl (C=O) groups excluding carboxylic acids is 1. The Labute approximate surface area is 180 Å². The van der Waals surface area contributed by atoms with Crippen LogP contribution in [0.15, 0.2) is 60.8 Å². The predicted octanol–water partition coefficient (Wildman–Crippen LogP) is 5.28. The fraction of sp³-hybridized carbons (Fsp3) is 0.240. The standard InChI is InChI=1S/C24H20FN3O.CH4O/c25-20-7-3-6-17(12-20)22-14-24-26-11-10-23(28(24)27-22)18-8-9-19(15-29)21(13-18)16-4-1-2-5-16;1-2/h3,6-16H,1-2,4-5H2;2H,1H3. The van der Waals surface area contributed by atoms with Crippen molar-refractivity contribution in [2.24, 2.45) is 0 Å². The van der Waals surface area contributed by atoms with Gasteiger partial charge in [-0.2, -0.15) is 5.10 Å². The highest BCUT2D eigenvalue weighted by atomic mass is 19.1. The third-order valence-electron chi connectivity index (χ3n) is 5.78. The quantitative estimate of drug-likeness (QED) is 0.459. The summed E-state index contributed by atoms with van der Waals surface area (Å²) in [6, 6.07) is 16.2. The smallest absolute Gasteiger partial charge is 0.156 e. The summed E-state index contributed by atoms with van der Waals surface area (Å²) in [5.74, 6) is 0.145. The van der Waals surface area contributed by atoms with Crippen molar-refractivity contribution in [2.75, 3.05) is 7.11 Å². The Morgan fingerprint density at radius 3 is 2.58 bits per heavy atom. The van der Waals surface area contributed by atoms with E-state index in [1.165, 1.54) is 25.0 Å². The molecule has 6 heteroatoms. The van der Waals surface area contributed by atoms with Gasteiger partial charge in [0.1, 0.15) is 12.1 Å². The molecule has 0 bridgehead atoms. The average molecular weight is 417 g/mol. The van der Waals surface area contributed by atoms with Gasteiger partial charge >= 0.3 is 0 Å². The third-order valence-corrected chi connectivity index (χ3v) is 5.78. The van der Waals surface area contributed by atoms with Gasteiger partial charge < -0.3 is 5.11 Å². The van der Waals surface area contributed by atoms with Crippen molar-refractivity contribution in [3.8, 4) is 22.5 Å². The van der Waals surface area contributed by atoms with Gasteiger partial charge in [-0.25, -0.2) is 13.9 Å². The van der Waals surface area contributed by atoms with Gasteiger partial charge in [0, 0.05) is 36.1 Å². The molecule has 0 saturated heterocycles. The number of hydrogen-bond acceptors (Lipinski definition) is 4. The molecule has 31 heavy (non-hydrogen) atoms. The molecule has 0 spiro atoms. The zero-order valence-corrected chi connectivity index (χ0v) is 17.3. The number of benzene rings is 2. The lowest BCUT2D eigenvalue weighted by Crippen LogP contribution is -2.01. The number of halogens is 1. The van der Waals surface area contributed by atoms with E-state index in [2.05, 4.69) is 16.1 Å². The van der Waals surface area contributed by atoms with E-state index in [1.807, 2.05) is 30.3 Å². The molecular weight excluding hydrogens is 393 g/mol. The van der Waals surface area contributed by atoms with Gasteiger partial charge in [-0.1, -0.05) is 37.1 Å². The summed E-state index contributed by atoms with van der Waals surface area (Å²) in [6.07, 6.45) is 7.38. The van der Waals surface area contributed by atoms with Gasteiger partial charge in [-0.3, -0.25) is 4.79 Å². The molecule has 2 heterocycles. The van der Waals surface area contributed by atoms with Crippen molar-refractivity contribution >= 4 is 11.9 Å². The number of fused-ring (bicyclic) bond motifs is 1. The Hall–Kier alpha value is -3.38. The molecule has 0 amide bonds. The highest BCUT2D eigenvalue weighted by molar-refractivity contribution is 5.80. The minimum Gasteiger partial charge on any atom is -0.400 e. The molecule has 1 N–H and O–H groups in total. The molecular formula is C25H24FN3O2. The molecule has 1 aliphatic carbocycles. The molecule has 0 radical (unpaired) electrons. The fourth-order valence-corrected chi connectivity index (χ4v) is 4.33. The summed E-state index contributed by atoms with van der Waals surface area (Å²) in [6.45, 7) is 0. The molecule has 1 fully saturated rings. The monoisotopic (exact) mass is 417 g/mol. The molecule has 0 atom stereocenters. The Kier molecular flexibility index (Phi) is 6.18. The van der Waals surface area contributed by atoms with E-state index in [4.69, 9.17) is 5.11 Å². The van der Waals surface area contributed by atoms with Crippen molar-refractivity contribution in [1.29, 1.82) is 0 Å².